The molecule has 0 aliphatic rings. The fraction of sp³-hybridized carbons (Fsp3) is 0.172. The lowest BCUT2D eigenvalue weighted by Crippen LogP contribution is -2.49. The van der Waals surface area contributed by atoms with E-state index in [0.29, 0.717) is 23.9 Å². The van der Waals surface area contributed by atoms with Crippen molar-refractivity contribution in [1.29, 1.82) is 0 Å². The van der Waals surface area contributed by atoms with E-state index < -0.39 is 46.7 Å². The molecule has 1 aromatic heterocycles. The minimum Gasteiger partial charge on any atom is -0.494 e. The van der Waals surface area contributed by atoms with Gasteiger partial charge in [-0.1, -0.05) is 36.4 Å². The van der Waals surface area contributed by atoms with Crippen LogP contribution in [0.25, 0.3) is 0 Å². The van der Waals surface area contributed by atoms with E-state index in [1.165, 1.54) is 6.07 Å². The van der Waals surface area contributed by atoms with E-state index in [1.54, 1.807) is 30.3 Å². The van der Waals surface area contributed by atoms with Crippen LogP contribution in [0.1, 0.15) is 38.3 Å². The van der Waals surface area contributed by atoms with Gasteiger partial charge in [0.15, 0.2) is 11.6 Å². The normalized spacial score (nSPS) is 13.4. The minimum absolute atomic E-state index is 0.00606. The van der Waals surface area contributed by atoms with Gasteiger partial charge in [-0.25, -0.2) is 8.78 Å². The van der Waals surface area contributed by atoms with Crippen LogP contribution in [-0.4, -0.2) is 18.0 Å². The number of hydrogen-bond acceptors (Lipinski definition) is 3. The van der Waals surface area contributed by atoms with Gasteiger partial charge < -0.3 is 10.1 Å². The lowest BCUT2D eigenvalue weighted by molar-refractivity contribution is -0.141. The molecule has 12 heteroatoms. The molecule has 1 amide bonds. The molecule has 1 atom stereocenters. The summed E-state index contributed by atoms with van der Waals surface area (Å²) in [6, 6.07) is 14.5. The average molecular weight is 580 g/mol. The van der Waals surface area contributed by atoms with Gasteiger partial charge in [-0.05, 0) is 59.2 Å². The van der Waals surface area contributed by atoms with Gasteiger partial charge in [0.25, 0.3) is 5.91 Å². The first-order valence-corrected chi connectivity index (χ1v) is 11.8. The summed E-state index contributed by atoms with van der Waals surface area (Å²) in [5.41, 5.74) is -4.89. The molecule has 0 unspecified atom stereocenters. The van der Waals surface area contributed by atoms with Crippen molar-refractivity contribution in [2.75, 3.05) is 7.11 Å². The van der Waals surface area contributed by atoms with E-state index in [4.69, 9.17) is 4.74 Å². The van der Waals surface area contributed by atoms with Crippen LogP contribution in [0, 0.1) is 11.6 Å². The first kappa shape index (κ1) is 29.5. The van der Waals surface area contributed by atoms with Crippen molar-refractivity contribution >= 4 is 5.91 Å². The number of carbonyl (C=O) groups is 1. The lowest BCUT2D eigenvalue weighted by Gasteiger charge is -2.37. The molecule has 0 saturated carbocycles. The third kappa shape index (κ3) is 6.47. The molecule has 41 heavy (non-hydrogen) atoms. The van der Waals surface area contributed by atoms with Gasteiger partial charge in [-0.3, -0.25) is 9.78 Å². The van der Waals surface area contributed by atoms with Crippen LogP contribution in [0.3, 0.4) is 0 Å². The molecule has 0 radical (unpaired) electrons. The lowest BCUT2D eigenvalue weighted by atomic mass is 9.77. The summed E-state index contributed by atoms with van der Waals surface area (Å²) in [6.07, 6.45) is -9.38. The number of rotatable bonds is 7. The van der Waals surface area contributed by atoms with Crippen molar-refractivity contribution in [1.82, 2.24) is 10.3 Å². The van der Waals surface area contributed by atoms with Crippen LogP contribution >= 0.6 is 0 Å². The Labute approximate surface area is 228 Å². The largest absolute Gasteiger partial charge is 0.494 e. The molecule has 3 aromatic carbocycles. The number of ether oxygens (including phenoxy) is 1. The first-order chi connectivity index (χ1) is 19.2. The molecule has 4 nitrogen and oxygen atoms in total. The van der Waals surface area contributed by atoms with E-state index in [9.17, 15) is 39.9 Å². The molecule has 4 aromatic rings. The second kappa shape index (κ2) is 11.2. The number of amides is 1. The van der Waals surface area contributed by atoms with E-state index in [0.717, 1.165) is 31.4 Å². The number of nitrogens with zero attached hydrogens (tertiary/aromatic N) is 1. The van der Waals surface area contributed by atoms with Crippen LogP contribution < -0.4 is 10.1 Å². The second-order valence-electron chi connectivity index (χ2n) is 9.03. The van der Waals surface area contributed by atoms with Gasteiger partial charge in [0.1, 0.15) is 11.5 Å². The Morgan fingerprint density at radius 3 is 2.07 bits per heavy atom. The van der Waals surface area contributed by atoms with Gasteiger partial charge in [-0.15, -0.1) is 0 Å². The molecule has 1 heterocycles. The van der Waals surface area contributed by atoms with Crippen molar-refractivity contribution < 1.29 is 44.7 Å². The maximum atomic E-state index is 14.8. The monoisotopic (exact) mass is 580 g/mol. The SMILES string of the molecule is COc1cc([C@@](Cc2ccccc2)(NC(=O)c2ccc(C(F)(F)F)nc2)c2cc(F)cc(C(F)(F)F)c2)ccc1F. The highest BCUT2D eigenvalue weighted by atomic mass is 19.4. The number of halogens is 8. The Kier molecular flexibility index (Phi) is 8.05. The van der Waals surface area contributed by atoms with E-state index in [2.05, 4.69) is 10.3 Å². The standard InChI is InChI=1S/C29H20F8N2O2/c1-41-24-14-19(8-9-23(24)31)27(15-17-5-3-2-4-6-17,20-11-21(28(32,33)34)13-22(30)12-20)39-26(40)18-7-10-25(38-16-18)29(35,36)37/h2-14,16H,15H2,1H3,(H,39,40)/t27-/m1/s1. The molecule has 1 N–H and O–H groups in total. The predicted octanol–water partition coefficient (Wildman–Crippen LogP) is 7.32. The number of carbonyl (C=O) groups excluding carboxylic acids is 1. The molecule has 0 aliphatic heterocycles. The van der Waals surface area contributed by atoms with Crippen LogP contribution in [0.2, 0.25) is 0 Å². The third-order valence-electron chi connectivity index (χ3n) is 6.32. The van der Waals surface area contributed by atoms with Gasteiger partial charge in [-0.2, -0.15) is 26.3 Å². The van der Waals surface area contributed by atoms with E-state index >= 15 is 0 Å². The number of hydrogen-bond donors (Lipinski definition) is 1. The molecule has 0 fully saturated rings. The van der Waals surface area contributed by atoms with Crippen molar-refractivity contribution in [2.24, 2.45) is 0 Å². The molecule has 0 spiro atoms. The fourth-order valence-electron chi connectivity index (χ4n) is 4.35. The van der Waals surface area contributed by atoms with Gasteiger partial charge >= 0.3 is 12.4 Å². The Bertz CT molecular complexity index is 1540. The molecule has 0 saturated heterocycles. The number of benzene rings is 3. The van der Waals surface area contributed by atoms with Crippen molar-refractivity contribution in [3.05, 3.63) is 130 Å². The summed E-state index contributed by atoms with van der Waals surface area (Å²) in [5, 5.41) is 2.59. The van der Waals surface area contributed by atoms with E-state index in [-0.39, 0.29) is 34.9 Å². The Morgan fingerprint density at radius 1 is 0.805 bits per heavy atom. The van der Waals surface area contributed by atoms with Gasteiger partial charge in [0.2, 0.25) is 0 Å². The molecular weight excluding hydrogens is 560 g/mol. The van der Waals surface area contributed by atoms with Crippen LogP contribution in [-0.2, 0) is 24.3 Å². The highest BCUT2D eigenvalue weighted by Crippen LogP contribution is 2.40. The zero-order valence-corrected chi connectivity index (χ0v) is 21.1. The quantitative estimate of drug-likeness (QED) is 0.233. The minimum atomic E-state index is -4.98. The number of pyridine rings is 1. The first-order valence-electron chi connectivity index (χ1n) is 11.8. The molecule has 4 rings (SSSR count). The zero-order valence-electron chi connectivity index (χ0n) is 21.1. The maximum Gasteiger partial charge on any atom is 0.433 e. The number of methoxy groups -OCH3 is 1. The van der Waals surface area contributed by atoms with Gasteiger partial charge in [0.05, 0.1) is 23.8 Å². The highest BCUT2D eigenvalue weighted by Gasteiger charge is 2.41. The summed E-state index contributed by atoms with van der Waals surface area (Å²) in [5.74, 6) is -3.45. The molecule has 0 aliphatic carbocycles. The van der Waals surface area contributed by atoms with Crippen molar-refractivity contribution in [3.8, 4) is 5.75 Å². The Balaban J connectivity index is 1.98. The Hall–Kier alpha value is -4.48. The summed E-state index contributed by atoms with van der Waals surface area (Å²) < 4.78 is 115. The fourth-order valence-corrected chi connectivity index (χ4v) is 4.35. The van der Waals surface area contributed by atoms with Crippen molar-refractivity contribution in [3.63, 3.8) is 0 Å². The average Bonchev–Trinajstić information content (AvgIpc) is 2.92. The highest BCUT2D eigenvalue weighted by molar-refractivity contribution is 5.95. The van der Waals surface area contributed by atoms with Gasteiger partial charge in [0, 0.05) is 12.6 Å². The molecular formula is C29H20F8N2O2. The van der Waals surface area contributed by atoms with Crippen molar-refractivity contribution in [2.45, 2.75) is 24.3 Å². The number of nitrogens with one attached hydrogen (secondary N) is 1. The smallest absolute Gasteiger partial charge is 0.433 e. The number of aromatic nitrogens is 1. The van der Waals surface area contributed by atoms with Crippen LogP contribution in [0.15, 0.2) is 85.1 Å². The zero-order chi connectivity index (χ0) is 30.0. The molecule has 0 bridgehead atoms. The number of alkyl halides is 6. The summed E-state index contributed by atoms with van der Waals surface area (Å²) >= 11 is 0. The summed E-state index contributed by atoms with van der Waals surface area (Å²) in [7, 11) is 1.15. The van der Waals surface area contributed by atoms with Crippen LogP contribution in [0.4, 0.5) is 35.1 Å². The second-order valence-corrected chi connectivity index (χ2v) is 9.03. The topological polar surface area (TPSA) is 51.2 Å². The van der Waals surface area contributed by atoms with E-state index in [1.807, 2.05) is 0 Å². The summed E-state index contributed by atoms with van der Waals surface area (Å²) in [4.78, 5) is 16.8. The summed E-state index contributed by atoms with van der Waals surface area (Å²) in [6.45, 7) is 0. The maximum absolute atomic E-state index is 14.8. The third-order valence-corrected chi connectivity index (χ3v) is 6.32. The predicted molar refractivity (Wildman–Crippen MR) is 132 cm³/mol. The van der Waals surface area contributed by atoms with Crippen LogP contribution in [0.5, 0.6) is 5.75 Å². The molecule has 214 valence electrons. The Morgan fingerprint density at radius 2 is 1.49 bits per heavy atom.